The van der Waals surface area contributed by atoms with Crippen LogP contribution < -0.4 is 0 Å². The van der Waals surface area contributed by atoms with Crippen molar-refractivity contribution in [3.05, 3.63) is 26.6 Å². The van der Waals surface area contributed by atoms with E-state index in [9.17, 15) is 13.6 Å². The minimum Gasteiger partial charge on any atom is -0.466 e. The van der Waals surface area contributed by atoms with Crippen molar-refractivity contribution in [1.29, 1.82) is 0 Å². The van der Waals surface area contributed by atoms with Gasteiger partial charge in [0.1, 0.15) is 5.69 Å². The van der Waals surface area contributed by atoms with Crippen LogP contribution in [0.25, 0.3) is 0 Å². The summed E-state index contributed by atoms with van der Waals surface area (Å²) in [5.41, 5.74) is 0.498. The van der Waals surface area contributed by atoms with Crippen molar-refractivity contribution in [3.8, 4) is 0 Å². The Labute approximate surface area is 112 Å². The molecule has 0 bridgehead atoms. The Morgan fingerprint density at radius 3 is 2.76 bits per heavy atom. The fourth-order valence-corrected chi connectivity index (χ4v) is 1.95. The molecular formula is C11H12F2INO2. The molecule has 0 aliphatic heterocycles. The summed E-state index contributed by atoms with van der Waals surface area (Å²) < 4.78 is 30.8. The first kappa shape index (κ1) is 14.3. The van der Waals surface area contributed by atoms with E-state index in [2.05, 4.69) is 4.98 Å². The molecule has 0 saturated heterocycles. The van der Waals surface area contributed by atoms with Gasteiger partial charge >= 0.3 is 5.97 Å². The molecule has 6 heteroatoms. The van der Waals surface area contributed by atoms with Crippen LogP contribution in [0.1, 0.15) is 30.3 Å². The molecule has 94 valence electrons. The Morgan fingerprint density at radius 1 is 1.59 bits per heavy atom. The van der Waals surface area contributed by atoms with E-state index in [1.807, 2.05) is 22.6 Å². The van der Waals surface area contributed by atoms with E-state index in [1.54, 1.807) is 19.9 Å². The van der Waals surface area contributed by atoms with Gasteiger partial charge in [0.15, 0.2) is 0 Å². The Balaban J connectivity index is 2.98. The number of hydrogen-bond acceptors (Lipinski definition) is 3. The predicted molar refractivity (Wildman–Crippen MR) is 67.0 cm³/mol. The van der Waals surface area contributed by atoms with Gasteiger partial charge in [0.2, 0.25) is 0 Å². The van der Waals surface area contributed by atoms with Gasteiger partial charge in [-0.1, -0.05) is 0 Å². The zero-order valence-electron chi connectivity index (χ0n) is 9.47. The maximum atomic E-state index is 12.7. The number of carbonyl (C=O) groups excluding carboxylic acids is 1. The van der Waals surface area contributed by atoms with Crippen LogP contribution in [0.2, 0.25) is 0 Å². The number of carbonyl (C=O) groups is 1. The van der Waals surface area contributed by atoms with E-state index in [4.69, 9.17) is 4.74 Å². The number of pyridine rings is 1. The van der Waals surface area contributed by atoms with E-state index >= 15 is 0 Å². The highest BCUT2D eigenvalue weighted by Crippen LogP contribution is 2.24. The summed E-state index contributed by atoms with van der Waals surface area (Å²) in [6, 6.07) is 1.62. The largest absolute Gasteiger partial charge is 0.466 e. The van der Waals surface area contributed by atoms with Crippen LogP contribution in [-0.4, -0.2) is 17.6 Å². The molecule has 0 aromatic carbocycles. The minimum atomic E-state index is -2.63. The van der Waals surface area contributed by atoms with Gasteiger partial charge in [0.05, 0.1) is 18.7 Å². The van der Waals surface area contributed by atoms with Crippen LogP contribution >= 0.6 is 22.6 Å². The van der Waals surface area contributed by atoms with E-state index in [0.717, 1.165) is 0 Å². The standard InChI is InChI=1S/C11H12F2INO2/c1-3-17-9(16)5-7-4-8(14)6(2)10(15-7)11(12)13/h4,11H,3,5H2,1-2H3. The van der Waals surface area contributed by atoms with Crippen LogP contribution in [0.5, 0.6) is 0 Å². The molecule has 0 unspecified atom stereocenters. The number of halogens is 3. The molecule has 1 heterocycles. The number of rotatable bonds is 4. The summed E-state index contributed by atoms with van der Waals surface area (Å²) in [6.45, 7) is 3.54. The highest BCUT2D eigenvalue weighted by atomic mass is 127. The molecule has 0 atom stereocenters. The molecule has 0 saturated carbocycles. The molecule has 17 heavy (non-hydrogen) atoms. The monoisotopic (exact) mass is 355 g/mol. The van der Waals surface area contributed by atoms with E-state index in [-0.39, 0.29) is 18.7 Å². The molecule has 0 fully saturated rings. The number of hydrogen-bond donors (Lipinski definition) is 0. The smallest absolute Gasteiger partial charge is 0.311 e. The Hall–Kier alpha value is -0.790. The number of aromatic nitrogens is 1. The number of alkyl halides is 2. The zero-order valence-corrected chi connectivity index (χ0v) is 11.6. The molecule has 0 amide bonds. The van der Waals surface area contributed by atoms with Crippen molar-refractivity contribution in [2.45, 2.75) is 26.7 Å². The van der Waals surface area contributed by atoms with E-state index in [1.165, 1.54) is 0 Å². The highest BCUT2D eigenvalue weighted by Gasteiger charge is 2.17. The number of nitrogens with zero attached hydrogens (tertiary/aromatic N) is 1. The average Bonchev–Trinajstić information content (AvgIpc) is 2.23. The second-order valence-corrected chi connectivity index (χ2v) is 4.55. The van der Waals surface area contributed by atoms with Gasteiger partial charge in [-0.3, -0.25) is 9.78 Å². The van der Waals surface area contributed by atoms with Crippen LogP contribution in [-0.2, 0) is 16.0 Å². The van der Waals surface area contributed by atoms with Crippen LogP contribution in [0.15, 0.2) is 6.07 Å². The van der Waals surface area contributed by atoms with Crippen LogP contribution in [0.4, 0.5) is 8.78 Å². The minimum absolute atomic E-state index is 0.0795. The van der Waals surface area contributed by atoms with Crippen molar-refractivity contribution >= 4 is 28.6 Å². The molecule has 1 aromatic heterocycles. The lowest BCUT2D eigenvalue weighted by molar-refractivity contribution is -0.142. The third kappa shape index (κ3) is 3.86. The Morgan fingerprint density at radius 2 is 2.24 bits per heavy atom. The first-order chi connectivity index (χ1) is 7.95. The number of esters is 1. The van der Waals surface area contributed by atoms with Crippen molar-refractivity contribution in [3.63, 3.8) is 0 Å². The lowest BCUT2D eigenvalue weighted by atomic mass is 10.1. The quantitative estimate of drug-likeness (QED) is 0.616. The van der Waals surface area contributed by atoms with E-state index < -0.39 is 12.4 Å². The van der Waals surface area contributed by atoms with Crippen molar-refractivity contribution < 1.29 is 18.3 Å². The van der Waals surface area contributed by atoms with Crippen molar-refractivity contribution in [2.24, 2.45) is 0 Å². The van der Waals surface area contributed by atoms with Gasteiger partial charge in [-0.25, -0.2) is 8.78 Å². The number of ether oxygens (including phenoxy) is 1. The van der Waals surface area contributed by atoms with Gasteiger partial charge in [-0.2, -0.15) is 0 Å². The second-order valence-electron chi connectivity index (χ2n) is 3.39. The first-order valence-corrected chi connectivity index (χ1v) is 6.13. The molecular weight excluding hydrogens is 343 g/mol. The Kier molecular flexibility index (Phi) is 5.23. The predicted octanol–water partition coefficient (Wildman–Crippen LogP) is 3.04. The maximum Gasteiger partial charge on any atom is 0.311 e. The topological polar surface area (TPSA) is 39.2 Å². The molecule has 0 aliphatic carbocycles. The summed E-state index contributed by atoms with van der Waals surface area (Å²) in [4.78, 5) is 15.0. The fraction of sp³-hybridized carbons (Fsp3) is 0.455. The van der Waals surface area contributed by atoms with E-state index in [0.29, 0.717) is 14.8 Å². The first-order valence-electron chi connectivity index (χ1n) is 5.05. The third-order valence-corrected chi connectivity index (χ3v) is 3.26. The summed E-state index contributed by atoms with van der Waals surface area (Å²) in [5, 5.41) is 0. The van der Waals surface area contributed by atoms with Gasteiger partial charge in [0, 0.05) is 3.57 Å². The summed E-state index contributed by atoms with van der Waals surface area (Å²) >= 11 is 1.95. The summed E-state index contributed by atoms with van der Waals surface area (Å²) in [6.07, 6.45) is -2.71. The van der Waals surface area contributed by atoms with Crippen LogP contribution in [0, 0.1) is 10.5 Å². The summed E-state index contributed by atoms with van der Waals surface area (Å²) in [7, 11) is 0. The third-order valence-electron chi connectivity index (χ3n) is 2.14. The SMILES string of the molecule is CCOC(=O)Cc1cc(I)c(C)c(C(F)F)n1. The average molecular weight is 355 g/mol. The Bertz CT molecular complexity index is 424. The van der Waals surface area contributed by atoms with Gasteiger partial charge in [-0.05, 0) is 48.1 Å². The van der Waals surface area contributed by atoms with Crippen LogP contribution in [0.3, 0.4) is 0 Å². The summed E-state index contributed by atoms with van der Waals surface area (Å²) in [5.74, 6) is -0.458. The molecule has 0 aliphatic rings. The normalized spacial score (nSPS) is 10.7. The van der Waals surface area contributed by atoms with Gasteiger partial charge in [-0.15, -0.1) is 0 Å². The molecule has 0 N–H and O–H groups in total. The molecule has 1 aromatic rings. The zero-order chi connectivity index (χ0) is 13.0. The lowest BCUT2D eigenvalue weighted by Crippen LogP contribution is -2.11. The maximum absolute atomic E-state index is 12.7. The second kappa shape index (κ2) is 6.23. The highest BCUT2D eigenvalue weighted by molar-refractivity contribution is 14.1. The molecule has 3 nitrogen and oxygen atoms in total. The fourth-order valence-electron chi connectivity index (χ4n) is 1.31. The van der Waals surface area contributed by atoms with Crippen molar-refractivity contribution in [2.75, 3.05) is 6.61 Å². The van der Waals surface area contributed by atoms with Gasteiger partial charge in [0.25, 0.3) is 6.43 Å². The molecule has 0 spiro atoms. The van der Waals surface area contributed by atoms with Gasteiger partial charge < -0.3 is 4.74 Å². The molecule has 0 radical (unpaired) electrons. The van der Waals surface area contributed by atoms with Crippen molar-refractivity contribution in [1.82, 2.24) is 4.98 Å². The lowest BCUT2D eigenvalue weighted by Gasteiger charge is -2.09. The molecule has 1 rings (SSSR count).